The first kappa shape index (κ1) is 11.8. The predicted octanol–water partition coefficient (Wildman–Crippen LogP) is 2.99. The summed E-state index contributed by atoms with van der Waals surface area (Å²) in [5.41, 5.74) is 9.46. The number of rotatable bonds is 2. The minimum absolute atomic E-state index is 0.478. The van der Waals surface area contributed by atoms with E-state index in [1.54, 1.807) is 30.8 Å². The maximum absolute atomic E-state index is 5.81. The van der Waals surface area contributed by atoms with Crippen LogP contribution < -0.4 is 5.73 Å². The topological polar surface area (TPSA) is 64.2 Å². The van der Waals surface area contributed by atoms with E-state index < -0.39 is 0 Å². The van der Waals surface area contributed by atoms with Crippen molar-refractivity contribution in [3.63, 3.8) is 0 Å². The molecule has 0 bridgehead atoms. The molecule has 0 aliphatic rings. The fraction of sp³-hybridized carbons (Fsp3) is 0.0714. The summed E-state index contributed by atoms with van der Waals surface area (Å²) in [4.78, 5) is 12.8. The van der Waals surface area contributed by atoms with Gasteiger partial charge in [0.15, 0.2) is 0 Å². The number of anilines is 1. The molecule has 4 nitrogen and oxygen atoms in total. The van der Waals surface area contributed by atoms with Crippen LogP contribution in [0.1, 0.15) is 5.56 Å². The van der Waals surface area contributed by atoms with Gasteiger partial charge in [0, 0.05) is 30.6 Å². The highest BCUT2D eigenvalue weighted by molar-refractivity contribution is 7.17. The third kappa shape index (κ3) is 2.20. The molecule has 94 valence electrons. The number of aliphatic imine (C=N–C) groups is 1. The zero-order chi connectivity index (χ0) is 13.2. The van der Waals surface area contributed by atoms with Crippen LogP contribution in [-0.4, -0.2) is 23.2 Å². The second-order valence-electron chi connectivity index (χ2n) is 4.09. The molecule has 5 heteroatoms. The number of hydrogen-bond acceptors (Lipinski definition) is 5. The summed E-state index contributed by atoms with van der Waals surface area (Å²) in [6.07, 6.45) is 3.44. The zero-order valence-corrected chi connectivity index (χ0v) is 11.2. The lowest BCUT2D eigenvalue weighted by Crippen LogP contribution is -1.98. The van der Waals surface area contributed by atoms with Crippen LogP contribution in [-0.2, 0) is 0 Å². The van der Waals surface area contributed by atoms with E-state index in [-0.39, 0.29) is 0 Å². The molecule has 0 saturated heterocycles. The molecule has 3 aromatic heterocycles. The number of thiophene rings is 1. The first-order valence-electron chi connectivity index (χ1n) is 5.80. The van der Waals surface area contributed by atoms with Crippen molar-refractivity contribution in [1.29, 1.82) is 0 Å². The van der Waals surface area contributed by atoms with Gasteiger partial charge in [-0.05, 0) is 29.6 Å². The molecule has 0 aliphatic carbocycles. The van der Waals surface area contributed by atoms with Gasteiger partial charge in [-0.1, -0.05) is 0 Å². The molecule has 0 unspecified atom stereocenters. The van der Waals surface area contributed by atoms with Crippen molar-refractivity contribution >= 4 is 33.6 Å². The molecule has 3 heterocycles. The summed E-state index contributed by atoms with van der Waals surface area (Å²) >= 11 is 1.69. The molecule has 0 aliphatic heterocycles. The Morgan fingerprint density at radius 2 is 2.21 bits per heavy atom. The van der Waals surface area contributed by atoms with Gasteiger partial charge in [0.1, 0.15) is 5.82 Å². The summed E-state index contributed by atoms with van der Waals surface area (Å²) in [6.45, 7) is 0. The Morgan fingerprint density at radius 1 is 1.32 bits per heavy atom. The molecule has 3 rings (SSSR count). The Morgan fingerprint density at radius 3 is 3.05 bits per heavy atom. The Labute approximate surface area is 114 Å². The lowest BCUT2D eigenvalue weighted by molar-refractivity contribution is 1.30. The highest BCUT2D eigenvalue weighted by atomic mass is 32.1. The Bertz CT molecular complexity index is 761. The molecule has 19 heavy (non-hydrogen) atoms. The molecule has 0 atom stereocenters. The molecule has 2 N–H and O–H groups in total. The number of nitrogens with zero attached hydrogens (tertiary/aromatic N) is 3. The second kappa shape index (κ2) is 4.78. The largest absolute Gasteiger partial charge is 0.383 e. The molecule has 0 saturated carbocycles. The van der Waals surface area contributed by atoms with Crippen LogP contribution in [0.15, 0.2) is 40.8 Å². The normalized spacial score (nSPS) is 11.4. The zero-order valence-electron chi connectivity index (χ0n) is 10.4. The maximum atomic E-state index is 5.81. The first-order chi connectivity index (χ1) is 9.28. The number of nitrogens with two attached hydrogens (primary N) is 1. The number of fused-ring (bicyclic) bond motifs is 1. The molecule has 0 aromatic carbocycles. The third-order valence-corrected chi connectivity index (χ3v) is 3.69. The van der Waals surface area contributed by atoms with Crippen LogP contribution in [0.3, 0.4) is 0 Å². The van der Waals surface area contributed by atoms with Crippen molar-refractivity contribution in [2.75, 3.05) is 12.8 Å². The lowest BCUT2D eigenvalue weighted by atomic mass is 10.1. The number of hydrogen-bond donors (Lipinski definition) is 1. The van der Waals surface area contributed by atoms with Crippen LogP contribution in [0.4, 0.5) is 5.82 Å². The fourth-order valence-corrected chi connectivity index (χ4v) is 2.61. The van der Waals surface area contributed by atoms with E-state index in [0.29, 0.717) is 5.82 Å². The van der Waals surface area contributed by atoms with Crippen molar-refractivity contribution < 1.29 is 0 Å². The molecule has 0 fully saturated rings. The minimum Gasteiger partial charge on any atom is -0.383 e. The van der Waals surface area contributed by atoms with Gasteiger partial charge >= 0.3 is 0 Å². The van der Waals surface area contributed by atoms with E-state index in [4.69, 9.17) is 5.73 Å². The van der Waals surface area contributed by atoms with Gasteiger partial charge in [0.25, 0.3) is 0 Å². The second-order valence-corrected chi connectivity index (χ2v) is 5.03. The quantitative estimate of drug-likeness (QED) is 0.727. The summed E-state index contributed by atoms with van der Waals surface area (Å²) in [5, 5.41) is 2.04. The Hall–Kier alpha value is -2.27. The van der Waals surface area contributed by atoms with Crippen molar-refractivity contribution in [3.8, 4) is 11.3 Å². The average molecular weight is 268 g/mol. The average Bonchev–Trinajstić information content (AvgIpc) is 2.89. The number of aromatic nitrogens is 2. The van der Waals surface area contributed by atoms with E-state index in [2.05, 4.69) is 21.0 Å². The molecule has 0 amide bonds. The standard InChI is InChI=1S/C14H12N4S/c1-16-7-10-6-9(8-17-14(10)15)11-2-3-13-12(18-11)4-5-19-13/h2-8H,1H3,(H2,15,17). The molecular weight excluding hydrogens is 256 g/mol. The SMILES string of the molecule is CN=Cc1cc(-c2ccc3sccc3n2)cnc1N. The van der Waals surface area contributed by atoms with Gasteiger partial charge in [0.2, 0.25) is 0 Å². The van der Waals surface area contributed by atoms with Crippen molar-refractivity contribution in [1.82, 2.24) is 9.97 Å². The third-order valence-electron chi connectivity index (χ3n) is 2.82. The Kier molecular flexibility index (Phi) is 2.97. The molecule has 0 spiro atoms. The first-order valence-corrected chi connectivity index (χ1v) is 6.68. The van der Waals surface area contributed by atoms with Gasteiger partial charge < -0.3 is 5.73 Å². The fourth-order valence-electron chi connectivity index (χ4n) is 1.89. The predicted molar refractivity (Wildman–Crippen MR) is 80.8 cm³/mol. The van der Waals surface area contributed by atoms with Crippen LogP contribution in [0.2, 0.25) is 0 Å². The van der Waals surface area contributed by atoms with Gasteiger partial charge in [-0.3, -0.25) is 4.99 Å². The highest BCUT2D eigenvalue weighted by Gasteiger charge is 2.05. The summed E-state index contributed by atoms with van der Waals surface area (Å²) in [7, 11) is 1.71. The summed E-state index contributed by atoms with van der Waals surface area (Å²) in [5.74, 6) is 0.478. The molecular formula is C14H12N4S. The highest BCUT2D eigenvalue weighted by Crippen LogP contribution is 2.25. The monoisotopic (exact) mass is 268 g/mol. The summed E-state index contributed by atoms with van der Waals surface area (Å²) < 4.78 is 1.18. The number of nitrogen functional groups attached to an aromatic ring is 1. The Balaban J connectivity index is 2.12. The van der Waals surface area contributed by atoms with E-state index in [9.17, 15) is 0 Å². The lowest BCUT2D eigenvalue weighted by Gasteiger charge is -2.04. The number of pyridine rings is 2. The van der Waals surface area contributed by atoms with E-state index in [0.717, 1.165) is 22.3 Å². The van der Waals surface area contributed by atoms with E-state index in [1.807, 2.05) is 23.6 Å². The molecule has 3 aromatic rings. The van der Waals surface area contributed by atoms with E-state index in [1.165, 1.54) is 4.70 Å². The summed E-state index contributed by atoms with van der Waals surface area (Å²) in [6, 6.07) is 8.05. The van der Waals surface area contributed by atoms with Gasteiger partial charge in [0.05, 0.1) is 15.9 Å². The molecule has 0 radical (unpaired) electrons. The maximum Gasteiger partial charge on any atom is 0.132 e. The van der Waals surface area contributed by atoms with Crippen LogP contribution in [0.5, 0.6) is 0 Å². The van der Waals surface area contributed by atoms with Gasteiger partial charge in [-0.15, -0.1) is 11.3 Å². The van der Waals surface area contributed by atoms with Crippen molar-refractivity contribution in [2.45, 2.75) is 0 Å². The van der Waals surface area contributed by atoms with Crippen LogP contribution >= 0.6 is 11.3 Å². The van der Waals surface area contributed by atoms with Gasteiger partial charge in [-0.2, -0.15) is 0 Å². The van der Waals surface area contributed by atoms with Crippen LogP contribution in [0.25, 0.3) is 21.5 Å². The van der Waals surface area contributed by atoms with Gasteiger partial charge in [-0.25, -0.2) is 9.97 Å². The minimum atomic E-state index is 0.478. The van der Waals surface area contributed by atoms with Crippen molar-refractivity contribution in [2.24, 2.45) is 4.99 Å². The van der Waals surface area contributed by atoms with E-state index >= 15 is 0 Å². The van der Waals surface area contributed by atoms with Crippen molar-refractivity contribution in [3.05, 3.63) is 41.4 Å². The smallest absolute Gasteiger partial charge is 0.132 e. The van der Waals surface area contributed by atoms with Crippen LogP contribution in [0, 0.1) is 0 Å².